The molecule has 10 heteroatoms. The lowest BCUT2D eigenvalue weighted by atomic mass is 10.0. The minimum Gasteiger partial charge on any atom is -0.493 e. The van der Waals surface area contributed by atoms with Crippen molar-refractivity contribution in [3.8, 4) is 16.9 Å². The third-order valence-electron chi connectivity index (χ3n) is 6.52. The van der Waals surface area contributed by atoms with Gasteiger partial charge in [0.2, 0.25) is 0 Å². The number of carbonyl (C=O) groups is 2. The second-order valence-electron chi connectivity index (χ2n) is 10.9. The molecule has 2 aromatic carbocycles. The van der Waals surface area contributed by atoms with Gasteiger partial charge in [-0.05, 0) is 48.9 Å². The first-order chi connectivity index (χ1) is 19.1. The third kappa shape index (κ3) is 6.81. The van der Waals surface area contributed by atoms with E-state index < -0.39 is 8.07 Å². The van der Waals surface area contributed by atoms with Crippen molar-refractivity contribution in [2.75, 3.05) is 20.3 Å². The van der Waals surface area contributed by atoms with E-state index in [1.165, 1.54) is 12.1 Å². The molecule has 0 fully saturated rings. The summed E-state index contributed by atoms with van der Waals surface area (Å²) in [5.74, 6) is -0.0712. The molecule has 4 rings (SSSR count). The maximum absolute atomic E-state index is 13.8. The zero-order chi connectivity index (χ0) is 28.9. The molecule has 0 aliphatic carbocycles. The van der Waals surface area contributed by atoms with Crippen molar-refractivity contribution in [1.29, 1.82) is 0 Å². The summed E-state index contributed by atoms with van der Waals surface area (Å²) in [5, 5.41) is 5.05. The van der Waals surface area contributed by atoms with Crippen LogP contribution >= 0.6 is 0 Å². The zero-order valence-electron chi connectivity index (χ0n) is 23.6. The number of rotatable bonds is 12. The molecule has 8 nitrogen and oxygen atoms in total. The van der Waals surface area contributed by atoms with Crippen LogP contribution in [0, 0.1) is 5.82 Å². The molecule has 0 N–H and O–H groups in total. The Bertz CT molecular complexity index is 1520. The van der Waals surface area contributed by atoms with Crippen molar-refractivity contribution in [2.24, 2.45) is 0 Å². The number of benzene rings is 2. The molecule has 4 aromatic rings. The average Bonchev–Trinajstić information content (AvgIpc) is 3.35. The highest BCUT2D eigenvalue weighted by atomic mass is 28.3. The van der Waals surface area contributed by atoms with Crippen LogP contribution in [-0.2, 0) is 18.0 Å². The van der Waals surface area contributed by atoms with Crippen LogP contribution in [0.1, 0.15) is 33.3 Å². The van der Waals surface area contributed by atoms with E-state index in [-0.39, 0.29) is 30.7 Å². The van der Waals surface area contributed by atoms with Gasteiger partial charge in [-0.1, -0.05) is 31.8 Å². The number of nitrogens with zero attached hydrogens (tertiary/aromatic N) is 4. The van der Waals surface area contributed by atoms with Gasteiger partial charge in [-0.15, -0.1) is 0 Å². The lowest BCUT2D eigenvalue weighted by molar-refractivity contribution is 0.0780. The second kappa shape index (κ2) is 12.5. The standard InChI is InChI=1S/C30H35FN4O4Si/c1-6-39-28-15-22(10-11-25(28)21-8-7-9-24(31)14-21)30(37)34(2)18-23-16-32-27(19-36)26-17-33-35(29(23)26)20-38-12-13-40(3,4)5/h7-11,14-17,19H,6,12-13,18,20H2,1-5H3. The molecule has 0 spiro atoms. The van der Waals surface area contributed by atoms with Crippen LogP contribution < -0.4 is 4.74 Å². The van der Waals surface area contributed by atoms with Gasteiger partial charge in [0.15, 0.2) is 6.29 Å². The minimum absolute atomic E-state index is 0.225. The highest BCUT2D eigenvalue weighted by Gasteiger charge is 2.20. The van der Waals surface area contributed by atoms with Gasteiger partial charge in [-0.25, -0.2) is 9.07 Å². The first-order valence-corrected chi connectivity index (χ1v) is 17.0. The minimum atomic E-state index is -1.24. The number of pyridine rings is 1. The number of aldehydes is 1. The van der Waals surface area contributed by atoms with E-state index in [2.05, 4.69) is 29.7 Å². The molecular formula is C30H35FN4O4Si. The summed E-state index contributed by atoms with van der Waals surface area (Å²) in [4.78, 5) is 31.0. The Morgan fingerprint density at radius 1 is 1.15 bits per heavy atom. The lowest BCUT2D eigenvalue weighted by Gasteiger charge is -2.20. The maximum atomic E-state index is 13.8. The van der Waals surface area contributed by atoms with Gasteiger partial charge in [0, 0.05) is 56.5 Å². The summed E-state index contributed by atoms with van der Waals surface area (Å²) in [6.45, 7) is 10.2. The van der Waals surface area contributed by atoms with Crippen LogP contribution in [0.15, 0.2) is 54.9 Å². The summed E-state index contributed by atoms with van der Waals surface area (Å²) in [6, 6.07) is 12.4. The van der Waals surface area contributed by atoms with Crippen molar-refractivity contribution in [1.82, 2.24) is 19.7 Å². The van der Waals surface area contributed by atoms with Gasteiger partial charge in [-0.2, -0.15) is 5.10 Å². The first kappa shape index (κ1) is 29.1. The Kier molecular flexibility index (Phi) is 9.11. The summed E-state index contributed by atoms with van der Waals surface area (Å²) in [5.41, 5.74) is 3.54. The average molecular weight is 563 g/mol. The number of fused-ring (bicyclic) bond motifs is 1. The fraction of sp³-hybridized carbons (Fsp3) is 0.333. The van der Waals surface area contributed by atoms with Gasteiger partial charge < -0.3 is 14.4 Å². The molecule has 2 heterocycles. The van der Waals surface area contributed by atoms with Crippen LogP contribution in [0.5, 0.6) is 5.75 Å². The third-order valence-corrected chi connectivity index (χ3v) is 8.22. The number of halogens is 1. The summed E-state index contributed by atoms with van der Waals surface area (Å²) in [6.07, 6.45) is 3.92. The smallest absolute Gasteiger partial charge is 0.254 e. The normalized spacial score (nSPS) is 11.6. The SMILES string of the molecule is CCOc1cc(C(=O)N(C)Cc2cnc(C=O)c3cnn(COCC[Si](C)(C)C)c23)ccc1-c1cccc(F)c1. The van der Waals surface area contributed by atoms with Crippen LogP contribution in [0.4, 0.5) is 4.39 Å². The summed E-state index contributed by atoms with van der Waals surface area (Å²) >= 11 is 0. The number of hydrogen-bond donors (Lipinski definition) is 0. The van der Waals surface area contributed by atoms with Crippen molar-refractivity contribution < 1.29 is 23.5 Å². The molecule has 0 saturated carbocycles. The van der Waals surface area contributed by atoms with Crippen molar-refractivity contribution in [2.45, 2.75) is 45.9 Å². The van der Waals surface area contributed by atoms with Gasteiger partial charge >= 0.3 is 0 Å². The van der Waals surface area contributed by atoms with E-state index in [1.807, 2.05) is 6.92 Å². The predicted molar refractivity (Wildman–Crippen MR) is 156 cm³/mol. The number of carbonyl (C=O) groups excluding carboxylic acids is 2. The van der Waals surface area contributed by atoms with E-state index in [1.54, 1.807) is 59.4 Å². The van der Waals surface area contributed by atoms with Crippen LogP contribution in [-0.4, -0.2) is 60.2 Å². The molecule has 2 aromatic heterocycles. The number of hydrogen-bond acceptors (Lipinski definition) is 6. The number of aromatic nitrogens is 3. The van der Waals surface area contributed by atoms with Crippen molar-refractivity contribution >= 4 is 31.2 Å². The molecule has 0 aliphatic rings. The van der Waals surface area contributed by atoms with Crippen molar-refractivity contribution in [3.05, 3.63) is 77.5 Å². The molecule has 0 unspecified atom stereocenters. The van der Waals surface area contributed by atoms with Gasteiger partial charge in [-0.3, -0.25) is 14.6 Å². The molecule has 40 heavy (non-hydrogen) atoms. The summed E-state index contributed by atoms with van der Waals surface area (Å²) in [7, 11) is 0.461. The van der Waals surface area contributed by atoms with Crippen LogP contribution in [0.25, 0.3) is 22.0 Å². The number of amides is 1. The van der Waals surface area contributed by atoms with Gasteiger partial charge in [0.1, 0.15) is 24.0 Å². The predicted octanol–water partition coefficient (Wildman–Crippen LogP) is 6.03. The molecule has 210 valence electrons. The first-order valence-electron chi connectivity index (χ1n) is 13.3. The molecular weight excluding hydrogens is 527 g/mol. The Balaban J connectivity index is 1.59. The molecule has 0 aliphatic heterocycles. The molecule has 0 bridgehead atoms. The Morgan fingerprint density at radius 3 is 2.65 bits per heavy atom. The maximum Gasteiger partial charge on any atom is 0.254 e. The van der Waals surface area contributed by atoms with E-state index in [0.29, 0.717) is 52.8 Å². The van der Waals surface area contributed by atoms with E-state index in [0.717, 1.165) is 11.6 Å². The molecule has 0 saturated heterocycles. The fourth-order valence-corrected chi connectivity index (χ4v) is 5.16. The molecule has 1 amide bonds. The highest BCUT2D eigenvalue weighted by molar-refractivity contribution is 6.76. The fourth-order valence-electron chi connectivity index (χ4n) is 4.40. The van der Waals surface area contributed by atoms with Crippen LogP contribution in [0.2, 0.25) is 25.7 Å². The Labute approximate surface area is 234 Å². The monoisotopic (exact) mass is 562 g/mol. The zero-order valence-corrected chi connectivity index (χ0v) is 24.6. The van der Waals surface area contributed by atoms with Gasteiger partial charge in [0.05, 0.1) is 18.3 Å². The highest BCUT2D eigenvalue weighted by Crippen LogP contribution is 2.32. The van der Waals surface area contributed by atoms with E-state index >= 15 is 0 Å². The number of ether oxygens (including phenoxy) is 2. The lowest BCUT2D eigenvalue weighted by Crippen LogP contribution is -2.27. The van der Waals surface area contributed by atoms with E-state index in [4.69, 9.17) is 9.47 Å². The van der Waals surface area contributed by atoms with Gasteiger partial charge in [0.25, 0.3) is 5.91 Å². The van der Waals surface area contributed by atoms with Crippen LogP contribution in [0.3, 0.4) is 0 Å². The topological polar surface area (TPSA) is 86.5 Å². The quantitative estimate of drug-likeness (QED) is 0.119. The second-order valence-corrected chi connectivity index (χ2v) is 16.5. The molecule has 0 radical (unpaired) electrons. The van der Waals surface area contributed by atoms with Crippen molar-refractivity contribution in [3.63, 3.8) is 0 Å². The summed E-state index contributed by atoms with van der Waals surface area (Å²) < 4.78 is 27.3. The Hall–Kier alpha value is -3.89. The molecule has 0 atom stereocenters. The Morgan fingerprint density at radius 2 is 1.95 bits per heavy atom. The van der Waals surface area contributed by atoms with E-state index in [9.17, 15) is 14.0 Å². The largest absolute Gasteiger partial charge is 0.493 e.